The van der Waals surface area contributed by atoms with Crippen LogP contribution in [0.2, 0.25) is 5.15 Å². The van der Waals surface area contributed by atoms with Crippen LogP contribution in [0, 0.1) is 0 Å². The summed E-state index contributed by atoms with van der Waals surface area (Å²) >= 11 is 7.31. The Morgan fingerprint density at radius 1 is 1.14 bits per heavy atom. The van der Waals surface area contributed by atoms with Gasteiger partial charge in [-0.15, -0.1) is 11.3 Å². The van der Waals surface area contributed by atoms with Crippen LogP contribution in [0.1, 0.15) is 16.8 Å². The number of benzene rings is 1. The van der Waals surface area contributed by atoms with E-state index in [0.717, 1.165) is 26.9 Å². The van der Waals surface area contributed by atoms with Crippen LogP contribution in [-0.4, -0.2) is 57.9 Å². The van der Waals surface area contributed by atoms with Crippen molar-refractivity contribution in [3.8, 4) is 22.4 Å². The van der Waals surface area contributed by atoms with E-state index in [2.05, 4.69) is 15.3 Å². The maximum absolute atomic E-state index is 12.9. The highest BCUT2D eigenvalue weighted by Gasteiger charge is 2.38. The molecule has 3 aromatic heterocycles. The normalized spacial score (nSPS) is 15.4. The number of hydrogen-bond acceptors (Lipinski definition) is 7. The van der Waals surface area contributed by atoms with Gasteiger partial charge in [0.2, 0.25) is 15.9 Å². The fourth-order valence-electron chi connectivity index (χ4n) is 3.87. The average molecular weight is 542 g/mol. The molecule has 0 bridgehead atoms. The second-order valence-corrected chi connectivity index (χ2v) is 11.4. The number of nitrogens with one attached hydrogen (secondary N) is 1. The lowest BCUT2D eigenvalue weighted by atomic mass is 10.0. The van der Waals surface area contributed by atoms with Crippen LogP contribution >= 0.6 is 22.9 Å². The topological polar surface area (TPSA) is 114 Å². The predicted molar refractivity (Wildman–Crippen MR) is 139 cm³/mol. The molecule has 1 aliphatic rings. The van der Waals surface area contributed by atoms with Crippen molar-refractivity contribution < 1.29 is 18.0 Å². The van der Waals surface area contributed by atoms with Gasteiger partial charge in [-0.1, -0.05) is 29.8 Å². The molecule has 4 aromatic rings. The summed E-state index contributed by atoms with van der Waals surface area (Å²) in [5.41, 5.74) is 3.70. The Labute approximate surface area is 216 Å². The van der Waals surface area contributed by atoms with Gasteiger partial charge in [0.05, 0.1) is 17.5 Å². The molecule has 2 amide bonds. The third-order valence-corrected chi connectivity index (χ3v) is 7.79. The Morgan fingerprint density at radius 3 is 2.61 bits per heavy atom. The van der Waals surface area contributed by atoms with Gasteiger partial charge < -0.3 is 10.2 Å². The van der Waals surface area contributed by atoms with Gasteiger partial charge in [0.25, 0.3) is 5.91 Å². The molecule has 1 aliphatic heterocycles. The summed E-state index contributed by atoms with van der Waals surface area (Å²) in [6, 6.07) is 12.3. The molecule has 0 unspecified atom stereocenters. The minimum Gasteiger partial charge on any atom is -0.326 e. The first kappa shape index (κ1) is 24.2. The van der Waals surface area contributed by atoms with E-state index < -0.39 is 22.0 Å². The van der Waals surface area contributed by atoms with E-state index in [1.807, 2.05) is 35.7 Å². The molecular formula is C24H20ClN5O4S2. The summed E-state index contributed by atoms with van der Waals surface area (Å²) < 4.78 is 24.3. The highest BCUT2D eigenvalue weighted by molar-refractivity contribution is 7.89. The fraction of sp³-hybridized carbons (Fsp3) is 0.167. The predicted octanol–water partition coefficient (Wildman–Crippen LogP) is 3.99. The number of carbonyl (C=O) groups excluding carboxylic acids is 2. The lowest BCUT2D eigenvalue weighted by Crippen LogP contribution is -2.56. The zero-order chi connectivity index (χ0) is 25.4. The monoisotopic (exact) mass is 541 g/mol. The number of pyridine rings is 1. The van der Waals surface area contributed by atoms with Crippen molar-refractivity contribution in [3.63, 3.8) is 0 Å². The van der Waals surface area contributed by atoms with Crippen molar-refractivity contribution in [1.82, 2.24) is 18.8 Å². The smallest absolute Gasteiger partial charge is 0.256 e. The number of halogens is 1. The summed E-state index contributed by atoms with van der Waals surface area (Å²) in [7, 11) is -3.49. The molecule has 1 atom stereocenters. The third-order valence-electron chi connectivity index (χ3n) is 5.83. The molecular weight excluding hydrogens is 522 g/mol. The van der Waals surface area contributed by atoms with Crippen LogP contribution in [0.5, 0.6) is 0 Å². The number of hydrogen-bond donors (Lipinski definition) is 1. The van der Waals surface area contributed by atoms with Crippen LogP contribution in [0.4, 0.5) is 5.13 Å². The zero-order valence-corrected chi connectivity index (χ0v) is 21.3. The van der Waals surface area contributed by atoms with Crippen LogP contribution in [-0.2, 0) is 14.8 Å². The number of amides is 2. The van der Waals surface area contributed by atoms with Crippen LogP contribution in [0.15, 0.2) is 66.4 Å². The number of aromatic nitrogens is 3. The molecule has 0 radical (unpaired) electrons. The van der Waals surface area contributed by atoms with Gasteiger partial charge in [-0.2, -0.15) is 0 Å². The Kier molecular flexibility index (Phi) is 6.37. The van der Waals surface area contributed by atoms with Crippen LogP contribution in [0.3, 0.4) is 0 Å². The molecule has 5 rings (SSSR count). The minimum absolute atomic E-state index is 0.213. The van der Waals surface area contributed by atoms with Gasteiger partial charge >= 0.3 is 0 Å². The van der Waals surface area contributed by atoms with Gasteiger partial charge in [-0.3, -0.25) is 13.6 Å². The molecule has 1 saturated heterocycles. The number of likely N-dealkylation sites (tertiary alicyclic amines) is 1. The number of rotatable bonds is 6. The van der Waals surface area contributed by atoms with Crippen molar-refractivity contribution in [1.29, 1.82) is 0 Å². The van der Waals surface area contributed by atoms with Crippen molar-refractivity contribution >= 4 is 49.9 Å². The minimum atomic E-state index is -3.49. The highest BCUT2D eigenvalue weighted by Crippen LogP contribution is 2.30. The second kappa shape index (κ2) is 9.49. The van der Waals surface area contributed by atoms with E-state index in [4.69, 9.17) is 11.6 Å². The SMILES string of the molecule is CS(=O)(=O)n1ccc(C(=O)N2CC[C@H]2C(=O)Nc2nc(-c3cccc(-c4ccnc(Cl)c4)c3)cs2)c1. The summed E-state index contributed by atoms with van der Waals surface area (Å²) in [6.45, 7) is 0.413. The molecule has 1 fully saturated rings. The van der Waals surface area contributed by atoms with Crippen LogP contribution in [0.25, 0.3) is 22.4 Å². The molecule has 12 heteroatoms. The Hall–Kier alpha value is -3.54. The standard InChI is InChI=1S/C24H20ClN5O4S2/c1-36(33,34)29-9-6-18(13-29)23(32)30-10-7-20(30)22(31)28-24-27-19(14-35-24)17-4-2-3-15(11-17)16-5-8-26-21(25)12-16/h2-6,8-9,11-14,20H,7,10H2,1H3,(H,27,28,31)/t20-/m0/s1. The molecule has 0 spiro atoms. The molecule has 1 aromatic carbocycles. The quantitative estimate of drug-likeness (QED) is 0.369. The Morgan fingerprint density at radius 2 is 1.92 bits per heavy atom. The highest BCUT2D eigenvalue weighted by atomic mass is 35.5. The Bertz CT molecular complexity index is 1580. The number of anilines is 1. The van der Waals surface area contributed by atoms with Gasteiger partial charge in [0.15, 0.2) is 5.13 Å². The molecule has 1 N–H and O–H groups in total. The number of carbonyl (C=O) groups is 2. The van der Waals surface area contributed by atoms with Crippen LogP contribution < -0.4 is 5.32 Å². The largest absolute Gasteiger partial charge is 0.326 e. The van der Waals surface area contributed by atoms with E-state index >= 15 is 0 Å². The summed E-state index contributed by atoms with van der Waals surface area (Å²) in [5, 5.41) is 5.49. The lowest BCUT2D eigenvalue weighted by molar-refractivity contribution is -0.123. The first-order valence-electron chi connectivity index (χ1n) is 10.9. The summed E-state index contributed by atoms with van der Waals surface area (Å²) in [5.74, 6) is -0.727. The summed E-state index contributed by atoms with van der Waals surface area (Å²) in [6.07, 6.45) is 5.78. The summed E-state index contributed by atoms with van der Waals surface area (Å²) in [4.78, 5) is 35.7. The number of thiazole rings is 1. The maximum Gasteiger partial charge on any atom is 0.256 e. The van der Waals surface area contributed by atoms with Gasteiger partial charge in [0, 0.05) is 36.1 Å². The second-order valence-electron chi connectivity index (χ2n) is 8.27. The molecule has 0 saturated carbocycles. The van der Waals surface area contributed by atoms with Crippen molar-refractivity contribution in [2.45, 2.75) is 12.5 Å². The molecule has 36 heavy (non-hydrogen) atoms. The fourth-order valence-corrected chi connectivity index (χ4v) is 5.35. The van der Waals surface area contributed by atoms with Crippen molar-refractivity contribution in [2.75, 3.05) is 18.1 Å². The van der Waals surface area contributed by atoms with Gasteiger partial charge in [0.1, 0.15) is 11.2 Å². The van der Waals surface area contributed by atoms with Crippen molar-refractivity contribution in [3.05, 3.63) is 77.2 Å². The first-order valence-corrected chi connectivity index (χ1v) is 14.0. The van der Waals surface area contributed by atoms with Gasteiger partial charge in [-0.05, 0) is 41.8 Å². The van der Waals surface area contributed by atoms with E-state index in [-0.39, 0.29) is 11.5 Å². The van der Waals surface area contributed by atoms with E-state index in [1.54, 1.807) is 12.3 Å². The Balaban J connectivity index is 1.27. The lowest BCUT2D eigenvalue weighted by Gasteiger charge is -2.39. The molecule has 4 heterocycles. The maximum atomic E-state index is 12.9. The number of nitrogens with zero attached hydrogens (tertiary/aromatic N) is 4. The average Bonchev–Trinajstić information content (AvgIpc) is 3.48. The first-order chi connectivity index (χ1) is 17.2. The van der Waals surface area contributed by atoms with E-state index in [1.165, 1.54) is 34.7 Å². The molecule has 9 nitrogen and oxygen atoms in total. The van der Waals surface area contributed by atoms with Gasteiger partial charge in [-0.25, -0.2) is 18.4 Å². The molecule has 0 aliphatic carbocycles. The molecule has 184 valence electrons. The third kappa shape index (κ3) is 4.90. The van der Waals surface area contributed by atoms with E-state index in [0.29, 0.717) is 28.9 Å². The van der Waals surface area contributed by atoms with E-state index in [9.17, 15) is 18.0 Å². The zero-order valence-electron chi connectivity index (χ0n) is 19.0. The van der Waals surface area contributed by atoms with Crippen molar-refractivity contribution in [2.24, 2.45) is 0 Å².